The largest absolute Gasteiger partial charge is 0.335 e. The predicted molar refractivity (Wildman–Crippen MR) is 129 cm³/mol. The van der Waals surface area contributed by atoms with Gasteiger partial charge < -0.3 is 10.2 Å². The van der Waals surface area contributed by atoms with E-state index in [0.29, 0.717) is 11.6 Å². The first-order chi connectivity index (χ1) is 15.8. The van der Waals surface area contributed by atoms with E-state index >= 15 is 0 Å². The Morgan fingerprint density at radius 2 is 1.50 bits per heavy atom. The van der Waals surface area contributed by atoms with Crippen LogP contribution < -0.4 is 5.32 Å². The van der Waals surface area contributed by atoms with Crippen molar-refractivity contribution in [2.24, 2.45) is 0 Å². The molecule has 0 unspecified atom stereocenters. The van der Waals surface area contributed by atoms with Gasteiger partial charge in [-0.25, -0.2) is 4.98 Å². The Hall–Kier alpha value is -2.54. The summed E-state index contributed by atoms with van der Waals surface area (Å²) in [6.07, 6.45) is 2.22. The first kappa shape index (κ1) is 21.3. The minimum atomic E-state index is 0.0806. The molecule has 6 heteroatoms. The fourth-order valence-electron chi connectivity index (χ4n) is 4.87. The number of aromatic nitrogens is 1. The van der Waals surface area contributed by atoms with Crippen molar-refractivity contribution in [2.45, 2.75) is 24.8 Å². The smallest absolute Gasteiger partial charge is 0.273 e. The van der Waals surface area contributed by atoms with Crippen molar-refractivity contribution < 1.29 is 4.79 Å². The van der Waals surface area contributed by atoms with E-state index in [1.807, 2.05) is 10.3 Å². The van der Waals surface area contributed by atoms with Gasteiger partial charge in [-0.05, 0) is 37.1 Å². The highest BCUT2D eigenvalue weighted by atomic mass is 32.1. The average Bonchev–Trinajstić information content (AvgIpc) is 3.37. The number of benzene rings is 2. The van der Waals surface area contributed by atoms with Gasteiger partial charge in [0.1, 0.15) is 5.69 Å². The molecule has 0 radical (unpaired) electrons. The van der Waals surface area contributed by atoms with E-state index in [0.717, 1.165) is 57.1 Å². The summed E-state index contributed by atoms with van der Waals surface area (Å²) in [6.45, 7) is 5.25. The van der Waals surface area contributed by atoms with Crippen LogP contribution in [0.4, 0.5) is 0 Å². The molecule has 0 atom stereocenters. The number of rotatable bonds is 5. The molecule has 1 N–H and O–H groups in total. The van der Waals surface area contributed by atoms with Gasteiger partial charge in [-0.3, -0.25) is 9.69 Å². The number of piperazine rings is 1. The van der Waals surface area contributed by atoms with Gasteiger partial charge >= 0.3 is 0 Å². The van der Waals surface area contributed by atoms with Crippen LogP contribution in [-0.4, -0.2) is 60.0 Å². The molecule has 0 spiro atoms. The van der Waals surface area contributed by atoms with Crippen LogP contribution in [0.3, 0.4) is 0 Å². The van der Waals surface area contributed by atoms with E-state index in [9.17, 15) is 4.79 Å². The van der Waals surface area contributed by atoms with Crippen LogP contribution in [0, 0.1) is 0 Å². The SMILES string of the molecule is O=C(c1csc(C2CCNCC2)n1)N1CCN(C(c2ccccc2)c2ccccc2)CC1. The number of nitrogens with zero attached hydrogens (tertiary/aromatic N) is 3. The third-order valence-corrected chi connectivity index (χ3v) is 7.63. The monoisotopic (exact) mass is 446 g/mol. The fraction of sp³-hybridized carbons (Fsp3) is 0.385. The van der Waals surface area contributed by atoms with Gasteiger partial charge in [-0.1, -0.05) is 60.7 Å². The summed E-state index contributed by atoms with van der Waals surface area (Å²) in [5.41, 5.74) is 3.22. The number of hydrogen-bond donors (Lipinski definition) is 1. The molecule has 2 aliphatic heterocycles. The molecule has 5 rings (SSSR count). The molecule has 1 amide bonds. The van der Waals surface area contributed by atoms with E-state index in [2.05, 4.69) is 70.9 Å². The van der Waals surface area contributed by atoms with Crippen LogP contribution in [0.5, 0.6) is 0 Å². The van der Waals surface area contributed by atoms with E-state index < -0.39 is 0 Å². The Bertz CT molecular complexity index is 969. The molecule has 2 saturated heterocycles. The molecule has 3 heterocycles. The fourth-order valence-corrected chi connectivity index (χ4v) is 5.84. The molecule has 1 aromatic heterocycles. The van der Waals surface area contributed by atoms with Crippen molar-refractivity contribution >= 4 is 17.2 Å². The summed E-state index contributed by atoms with van der Waals surface area (Å²) >= 11 is 1.65. The molecule has 3 aromatic rings. The molecule has 166 valence electrons. The summed E-state index contributed by atoms with van der Waals surface area (Å²) < 4.78 is 0. The quantitative estimate of drug-likeness (QED) is 0.639. The maximum absolute atomic E-state index is 13.2. The van der Waals surface area contributed by atoms with Gasteiger partial charge in [0.25, 0.3) is 5.91 Å². The minimum Gasteiger partial charge on any atom is -0.335 e. The second-order valence-corrected chi connectivity index (χ2v) is 9.54. The van der Waals surface area contributed by atoms with Crippen LogP contribution in [0.15, 0.2) is 66.0 Å². The van der Waals surface area contributed by atoms with Crippen molar-refractivity contribution in [2.75, 3.05) is 39.3 Å². The van der Waals surface area contributed by atoms with E-state index in [1.54, 1.807) is 11.3 Å². The molecule has 5 nitrogen and oxygen atoms in total. The van der Waals surface area contributed by atoms with Crippen LogP contribution in [0.25, 0.3) is 0 Å². The second-order valence-electron chi connectivity index (χ2n) is 8.65. The molecule has 0 bridgehead atoms. The van der Waals surface area contributed by atoms with Crippen LogP contribution in [0.1, 0.15) is 51.4 Å². The van der Waals surface area contributed by atoms with E-state index in [-0.39, 0.29) is 11.9 Å². The first-order valence-electron chi connectivity index (χ1n) is 11.6. The highest BCUT2D eigenvalue weighted by Crippen LogP contribution is 2.31. The normalized spacial score (nSPS) is 18.2. The van der Waals surface area contributed by atoms with Gasteiger partial charge in [0.2, 0.25) is 0 Å². The number of thiazole rings is 1. The third-order valence-electron chi connectivity index (χ3n) is 6.63. The highest BCUT2D eigenvalue weighted by molar-refractivity contribution is 7.09. The lowest BCUT2D eigenvalue weighted by atomic mass is 9.96. The Morgan fingerprint density at radius 1 is 0.906 bits per heavy atom. The number of nitrogens with one attached hydrogen (secondary N) is 1. The van der Waals surface area contributed by atoms with Gasteiger partial charge in [0, 0.05) is 37.5 Å². The Kier molecular flexibility index (Phi) is 6.62. The van der Waals surface area contributed by atoms with Crippen molar-refractivity contribution in [1.82, 2.24) is 20.1 Å². The van der Waals surface area contributed by atoms with Crippen molar-refractivity contribution in [3.05, 3.63) is 87.9 Å². The van der Waals surface area contributed by atoms with Crippen LogP contribution >= 0.6 is 11.3 Å². The Morgan fingerprint density at radius 3 is 2.09 bits per heavy atom. The van der Waals surface area contributed by atoms with Crippen molar-refractivity contribution in [1.29, 1.82) is 0 Å². The van der Waals surface area contributed by atoms with Gasteiger partial charge in [-0.2, -0.15) is 0 Å². The number of amides is 1. The molecule has 2 fully saturated rings. The van der Waals surface area contributed by atoms with Gasteiger partial charge in [0.15, 0.2) is 0 Å². The van der Waals surface area contributed by atoms with Crippen LogP contribution in [0.2, 0.25) is 0 Å². The number of carbonyl (C=O) groups excluding carboxylic acids is 1. The third kappa shape index (κ3) is 4.63. The number of hydrogen-bond acceptors (Lipinski definition) is 5. The van der Waals surface area contributed by atoms with Crippen molar-refractivity contribution in [3.63, 3.8) is 0 Å². The number of carbonyl (C=O) groups is 1. The zero-order valence-corrected chi connectivity index (χ0v) is 19.1. The molecular weight excluding hydrogens is 416 g/mol. The molecule has 32 heavy (non-hydrogen) atoms. The number of piperidine rings is 1. The molecule has 0 saturated carbocycles. The summed E-state index contributed by atoms with van der Waals surface area (Å²) in [5, 5.41) is 6.49. The van der Waals surface area contributed by atoms with Crippen LogP contribution in [-0.2, 0) is 0 Å². The Balaban J connectivity index is 1.26. The average molecular weight is 447 g/mol. The summed E-state index contributed by atoms with van der Waals surface area (Å²) in [4.78, 5) is 22.4. The topological polar surface area (TPSA) is 48.5 Å². The van der Waals surface area contributed by atoms with Gasteiger partial charge in [0.05, 0.1) is 11.0 Å². The maximum atomic E-state index is 13.2. The highest BCUT2D eigenvalue weighted by Gasteiger charge is 2.29. The summed E-state index contributed by atoms with van der Waals surface area (Å²) in [6, 6.07) is 21.6. The van der Waals surface area contributed by atoms with Crippen molar-refractivity contribution in [3.8, 4) is 0 Å². The summed E-state index contributed by atoms with van der Waals surface area (Å²) in [5.74, 6) is 0.578. The predicted octanol–water partition coefficient (Wildman–Crippen LogP) is 4.16. The summed E-state index contributed by atoms with van der Waals surface area (Å²) in [7, 11) is 0. The Labute approximate surface area is 194 Å². The van der Waals surface area contributed by atoms with Gasteiger partial charge in [-0.15, -0.1) is 11.3 Å². The maximum Gasteiger partial charge on any atom is 0.273 e. The molecule has 2 aliphatic rings. The second kappa shape index (κ2) is 9.94. The lowest BCUT2D eigenvalue weighted by Crippen LogP contribution is -2.50. The van der Waals surface area contributed by atoms with E-state index in [4.69, 9.17) is 4.98 Å². The van der Waals surface area contributed by atoms with E-state index in [1.165, 1.54) is 11.1 Å². The molecule has 0 aliphatic carbocycles. The zero-order chi connectivity index (χ0) is 21.8. The minimum absolute atomic E-state index is 0.0806. The first-order valence-corrected chi connectivity index (χ1v) is 12.5. The lowest BCUT2D eigenvalue weighted by molar-refractivity contribution is 0.0592. The molecular formula is C26H30N4OS. The zero-order valence-electron chi connectivity index (χ0n) is 18.3. The lowest BCUT2D eigenvalue weighted by Gasteiger charge is -2.39. The standard InChI is InChI=1S/C26H30N4OS/c31-26(23-19-32-25(28-23)22-11-13-27-14-12-22)30-17-15-29(16-18-30)24(20-7-3-1-4-8-20)21-9-5-2-6-10-21/h1-10,19,22,24,27H,11-18H2. The molecule has 2 aromatic carbocycles.